The third kappa shape index (κ3) is 10.8. The molecule has 10 rings (SSSR count). The summed E-state index contributed by atoms with van der Waals surface area (Å²) in [6, 6.07) is 28.9. The molecule has 4 nitrogen and oxygen atoms in total. The van der Waals surface area contributed by atoms with Crippen LogP contribution in [-0.4, -0.2) is 42.3 Å². The molecule has 3 aromatic carbocycles. The zero-order valence-electron chi connectivity index (χ0n) is 34.1. The van der Waals surface area contributed by atoms with Crippen LogP contribution in [0.3, 0.4) is 0 Å². The van der Waals surface area contributed by atoms with Crippen LogP contribution in [0.5, 0.6) is 0 Å². The first kappa shape index (κ1) is 42.1. The SMILES string of the molecule is [CH-]1CCCCC1C1CCCC[N-]1.[CH-]1CCCCC1C1CCCC[N-]1.[Ir].c1ccc2c(c1)c1ccccc1n2-c1ccc(C2CC[CH-]C(C3CCCC[N-]3)C2)cc1. The second kappa shape index (κ2) is 21.8. The molecule has 5 heteroatoms. The molecule has 3 saturated carbocycles. The van der Waals surface area contributed by atoms with Crippen molar-refractivity contribution in [3.05, 3.63) is 114 Å². The predicted molar refractivity (Wildman–Crippen MR) is 235 cm³/mol. The van der Waals surface area contributed by atoms with Crippen molar-refractivity contribution in [1.82, 2.24) is 4.57 Å². The molecule has 7 unspecified atom stereocenters. The van der Waals surface area contributed by atoms with Crippen molar-refractivity contribution in [2.45, 2.75) is 152 Å². The van der Waals surface area contributed by atoms with Crippen LogP contribution in [0.2, 0.25) is 0 Å². The Hall–Kier alpha value is -2.01. The normalized spacial score (nSPS) is 29.9. The van der Waals surface area contributed by atoms with E-state index in [0.29, 0.717) is 30.0 Å². The molecule has 3 aliphatic carbocycles. The number of rotatable bonds is 5. The third-order valence-electron chi connectivity index (χ3n) is 14.0. The first-order chi connectivity index (χ1) is 27.3. The van der Waals surface area contributed by atoms with Crippen LogP contribution in [0.25, 0.3) is 43.4 Å². The molecule has 0 spiro atoms. The molecule has 3 aliphatic heterocycles. The standard InChI is InChI=1S/C29H30N2.2C11H19N.Ir/c1-3-13-28-25(10-1)26-11-2-4-14-29(26)31(28)24-17-15-21(16-18-24)22-8-7-9-23(20-22)27-12-5-6-19-30-27;2*1-2-6-10(7-3-1)11-8-4-5-9-12-11;/h1-4,9-11,13-18,22-23,27H,5-8,12,19-20H2;2*6,10-11H,1-5,7-9H2;/q3*-2;. The van der Waals surface area contributed by atoms with Crippen molar-refractivity contribution < 1.29 is 20.1 Å². The van der Waals surface area contributed by atoms with Crippen molar-refractivity contribution in [2.75, 3.05) is 19.6 Å². The van der Waals surface area contributed by atoms with Crippen LogP contribution in [0.1, 0.15) is 140 Å². The summed E-state index contributed by atoms with van der Waals surface area (Å²) >= 11 is 0. The van der Waals surface area contributed by atoms with E-state index in [-0.39, 0.29) is 20.1 Å². The molecule has 307 valence electrons. The summed E-state index contributed by atoms with van der Waals surface area (Å²) in [7, 11) is 0. The van der Waals surface area contributed by atoms with Gasteiger partial charge >= 0.3 is 0 Å². The van der Waals surface area contributed by atoms with Gasteiger partial charge in [0.05, 0.1) is 11.0 Å². The Morgan fingerprint density at radius 1 is 0.446 bits per heavy atom. The number of fused-ring (bicyclic) bond motifs is 3. The number of para-hydroxylation sites is 2. The molecule has 1 radical (unpaired) electrons. The minimum atomic E-state index is 0. The van der Waals surface area contributed by atoms with Gasteiger partial charge < -0.3 is 39.8 Å². The molecule has 56 heavy (non-hydrogen) atoms. The fourth-order valence-electron chi connectivity index (χ4n) is 10.9. The Labute approximate surface area is 353 Å². The van der Waals surface area contributed by atoms with Gasteiger partial charge in [-0.3, -0.25) is 0 Å². The van der Waals surface area contributed by atoms with Gasteiger partial charge in [-0.05, 0) is 35.7 Å². The average Bonchev–Trinajstić information content (AvgIpc) is 3.63. The second-order valence-corrected chi connectivity index (χ2v) is 17.6. The Balaban J connectivity index is 0.000000157. The van der Waals surface area contributed by atoms with Crippen molar-refractivity contribution in [1.29, 1.82) is 0 Å². The first-order valence-electron chi connectivity index (χ1n) is 22.9. The summed E-state index contributed by atoms with van der Waals surface area (Å²) in [5.41, 5.74) is 5.31. The summed E-state index contributed by atoms with van der Waals surface area (Å²) in [5.74, 6) is 3.04. The maximum Gasteiger partial charge on any atom is 0.0541 e. The average molecular weight is 929 g/mol. The van der Waals surface area contributed by atoms with E-state index < -0.39 is 0 Å². The molecule has 1 aromatic heterocycles. The fraction of sp³-hybridized carbons (Fsp3) is 0.588. The molecule has 4 aromatic rings. The van der Waals surface area contributed by atoms with Crippen molar-refractivity contribution in [3.8, 4) is 5.69 Å². The summed E-state index contributed by atoms with van der Waals surface area (Å²) in [6.45, 7) is 3.34. The fourth-order valence-corrected chi connectivity index (χ4v) is 10.9. The van der Waals surface area contributed by atoms with Gasteiger partial charge in [-0.1, -0.05) is 158 Å². The van der Waals surface area contributed by atoms with Crippen molar-refractivity contribution in [2.24, 2.45) is 17.8 Å². The quantitative estimate of drug-likeness (QED) is 0.179. The van der Waals surface area contributed by atoms with Gasteiger partial charge in [0.15, 0.2) is 0 Å². The molecule has 6 aliphatic rings. The van der Waals surface area contributed by atoms with Crippen LogP contribution in [0, 0.1) is 37.0 Å². The van der Waals surface area contributed by atoms with Crippen LogP contribution < -0.4 is 0 Å². The molecule has 0 N–H and O–H groups in total. The minimum Gasteiger partial charge on any atom is -0.661 e. The summed E-state index contributed by atoms with van der Waals surface area (Å²) in [5, 5.41) is 17.0. The zero-order chi connectivity index (χ0) is 37.1. The Morgan fingerprint density at radius 2 is 0.911 bits per heavy atom. The van der Waals surface area contributed by atoms with E-state index in [4.69, 9.17) is 16.0 Å². The van der Waals surface area contributed by atoms with E-state index in [0.717, 1.165) is 31.5 Å². The van der Waals surface area contributed by atoms with Crippen LogP contribution >= 0.6 is 0 Å². The number of piperidine rings is 3. The van der Waals surface area contributed by atoms with E-state index in [1.165, 1.54) is 161 Å². The summed E-state index contributed by atoms with van der Waals surface area (Å²) in [6.07, 6.45) is 34.8. The maximum atomic E-state index is 4.95. The van der Waals surface area contributed by atoms with Crippen LogP contribution in [-0.2, 0) is 20.1 Å². The van der Waals surface area contributed by atoms with E-state index in [2.05, 4.69) is 96.6 Å². The molecule has 0 amide bonds. The molecular formula is C51H68IrN4-6. The number of nitrogens with zero attached hydrogens (tertiary/aromatic N) is 4. The monoisotopic (exact) mass is 930 g/mol. The number of hydrogen-bond donors (Lipinski definition) is 0. The van der Waals surface area contributed by atoms with Crippen LogP contribution in [0.4, 0.5) is 0 Å². The van der Waals surface area contributed by atoms with Gasteiger partial charge in [0.25, 0.3) is 0 Å². The van der Waals surface area contributed by atoms with Gasteiger partial charge in [0, 0.05) is 36.6 Å². The van der Waals surface area contributed by atoms with Gasteiger partial charge in [0.2, 0.25) is 0 Å². The Bertz CT molecular complexity index is 1580. The maximum absolute atomic E-state index is 4.95. The minimum absolute atomic E-state index is 0. The molecule has 4 heterocycles. The van der Waals surface area contributed by atoms with Gasteiger partial charge in [-0.15, -0.1) is 19.6 Å². The predicted octanol–water partition coefficient (Wildman–Crippen LogP) is 14.4. The summed E-state index contributed by atoms with van der Waals surface area (Å²) < 4.78 is 2.41. The molecule has 0 bridgehead atoms. The van der Waals surface area contributed by atoms with E-state index in [9.17, 15) is 0 Å². The smallest absolute Gasteiger partial charge is 0.0541 e. The number of benzene rings is 3. The second-order valence-electron chi connectivity index (χ2n) is 17.6. The van der Waals surface area contributed by atoms with Gasteiger partial charge in [-0.2, -0.15) is 55.1 Å². The topological polar surface area (TPSA) is 47.2 Å². The molecule has 7 atom stereocenters. The third-order valence-corrected chi connectivity index (χ3v) is 14.0. The van der Waals surface area contributed by atoms with Gasteiger partial charge in [0.1, 0.15) is 0 Å². The van der Waals surface area contributed by atoms with E-state index in [1.807, 2.05) is 0 Å². The van der Waals surface area contributed by atoms with E-state index in [1.54, 1.807) is 0 Å². The Kier molecular flexibility index (Phi) is 16.4. The molecular weight excluding hydrogens is 861 g/mol. The largest absolute Gasteiger partial charge is 0.661 e. The summed E-state index contributed by atoms with van der Waals surface area (Å²) in [4.78, 5) is 0. The van der Waals surface area contributed by atoms with Crippen molar-refractivity contribution >= 4 is 21.8 Å². The van der Waals surface area contributed by atoms with Crippen molar-refractivity contribution in [3.63, 3.8) is 0 Å². The molecule has 3 saturated heterocycles. The van der Waals surface area contributed by atoms with Gasteiger partial charge in [-0.25, -0.2) is 0 Å². The molecule has 6 fully saturated rings. The van der Waals surface area contributed by atoms with Crippen LogP contribution in [0.15, 0.2) is 72.8 Å². The van der Waals surface area contributed by atoms with E-state index >= 15 is 0 Å². The number of hydrogen-bond acceptors (Lipinski definition) is 0. The Morgan fingerprint density at radius 3 is 1.38 bits per heavy atom. The first-order valence-corrected chi connectivity index (χ1v) is 22.9. The number of aromatic nitrogens is 1. The zero-order valence-corrected chi connectivity index (χ0v) is 36.5.